The van der Waals surface area contributed by atoms with Crippen molar-refractivity contribution in [3.05, 3.63) is 0 Å². The van der Waals surface area contributed by atoms with Crippen molar-refractivity contribution >= 4 is 12.1 Å². The molecule has 0 saturated carbocycles. The van der Waals surface area contributed by atoms with Crippen molar-refractivity contribution in [1.82, 2.24) is 5.32 Å². The van der Waals surface area contributed by atoms with Crippen molar-refractivity contribution < 1.29 is 24.5 Å². The summed E-state index contributed by atoms with van der Waals surface area (Å²) >= 11 is 0. The van der Waals surface area contributed by atoms with Crippen LogP contribution in [-0.4, -0.2) is 43.0 Å². The number of hydrogen-bond acceptors (Lipinski definition) is 4. The van der Waals surface area contributed by atoms with Gasteiger partial charge in [0.1, 0.15) is 0 Å². The number of carbonyl (C=O) groups excluding carboxylic acids is 1. The molecule has 0 spiro atoms. The molecule has 0 amide bonds. The van der Waals surface area contributed by atoms with Gasteiger partial charge < -0.3 is 20.3 Å². The molecule has 1 aliphatic heterocycles. The van der Waals surface area contributed by atoms with E-state index >= 15 is 0 Å². The first-order valence-electron chi connectivity index (χ1n) is 4.70. The Morgan fingerprint density at radius 2 is 1.73 bits per heavy atom. The Morgan fingerprint density at radius 3 is 2.20 bits per heavy atom. The summed E-state index contributed by atoms with van der Waals surface area (Å²) in [5, 5.41) is 16.7. The van der Waals surface area contributed by atoms with Crippen LogP contribution in [0.15, 0.2) is 0 Å². The Labute approximate surface area is 89.2 Å². The van der Waals surface area contributed by atoms with Crippen LogP contribution in [0.2, 0.25) is 0 Å². The maximum Gasteiger partial charge on any atom is 0.503 e. The molecule has 0 unspecified atom stereocenters. The molecule has 0 aromatic heterocycles. The molecule has 1 heterocycles. The monoisotopic (exact) mass is 221 g/mol. The van der Waals surface area contributed by atoms with Crippen LogP contribution in [0.3, 0.4) is 0 Å². The zero-order chi connectivity index (χ0) is 12.1. The van der Waals surface area contributed by atoms with Gasteiger partial charge in [-0.25, -0.2) is 4.79 Å². The molecule has 0 aliphatic carbocycles. The van der Waals surface area contributed by atoms with Gasteiger partial charge in [0.15, 0.2) is 0 Å². The molecule has 1 rings (SSSR count). The molecular formula is C9H19NO5. The first-order chi connectivity index (χ1) is 7.04. The molecule has 15 heavy (non-hydrogen) atoms. The fraction of sp³-hybridized carbons (Fsp3) is 0.778. The number of ether oxygens (including phenoxy) is 1. The van der Waals surface area contributed by atoms with Crippen molar-refractivity contribution in [3.63, 3.8) is 0 Å². The molecule has 6 nitrogen and oxygen atoms in total. The first-order valence-corrected chi connectivity index (χ1v) is 4.70. The Balaban J connectivity index is 0. The van der Waals surface area contributed by atoms with Gasteiger partial charge in [-0.15, -0.1) is 0 Å². The molecule has 90 valence electrons. The van der Waals surface area contributed by atoms with Crippen LogP contribution in [0, 0.1) is 0 Å². The lowest BCUT2D eigenvalue weighted by Crippen LogP contribution is -2.00. The van der Waals surface area contributed by atoms with Crippen LogP contribution < -0.4 is 5.32 Å². The van der Waals surface area contributed by atoms with Crippen molar-refractivity contribution in [2.75, 3.05) is 20.7 Å². The lowest BCUT2D eigenvalue weighted by atomic mass is 10.2. The van der Waals surface area contributed by atoms with Gasteiger partial charge in [0, 0.05) is 6.42 Å². The second-order valence-corrected chi connectivity index (χ2v) is 2.81. The SMILES string of the molecule is CNC.O=C(O)O.O=C1CCCCCO1. The summed E-state index contributed by atoms with van der Waals surface area (Å²) in [6, 6.07) is 0. The predicted molar refractivity (Wildman–Crippen MR) is 55.1 cm³/mol. The average molecular weight is 221 g/mol. The van der Waals surface area contributed by atoms with Gasteiger partial charge in [-0.05, 0) is 33.4 Å². The van der Waals surface area contributed by atoms with E-state index in [0.717, 1.165) is 19.3 Å². The number of nitrogens with one attached hydrogen (secondary N) is 1. The zero-order valence-corrected chi connectivity index (χ0v) is 9.15. The van der Waals surface area contributed by atoms with Crippen LogP contribution in [0.4, 0.5) is 4.79 Å². The van der Waals surface area contributed by atoms with Crippen LogP contribution >= 0.6 is 0 Å². The minimum atomic E-state index is -1.83. The highest BCUT2D eigenvalue weighted by atomic mass is 16.6. The third-order valence-corrected chi connectivity index (χ3v) is 1.29. The third-order valence-electron chi connectivity index (χ3n) is 1.29. The van der Waals surface area contributed by atoms with Crippen molar-refractivity contribution in [3.8, 4) is 0 Å². The molecule has 0 atom stereocenters. The lowest BCUT2D eigenvalue weighted by Gasteiger charge is -1.93. The smallest absolute Gasteiger partial charge is 0.466 e. The second-order valence-electron chi connectivity index (χ2n) is 2.81. The van der Waals surface area contributed by atoms with E-state index in [1.165, 1.54) is 0 Å². The molecular weight excluding hydrogens is 202 g/mol. The summed E-state index contributed by atoms with van der Waals surface area (Å²) in [4.78, 5) is 19.0. The third kappa shape index (κ3) is 24.5. The predicted octanol–water partition coefficient (Wildman–Crippen LogP) is 1.16. The minimum Gasteiger partial charge on any atom is -0.466 e. The molecule has 1 aliphatic rings. The number of rotatable bonds is 0. The van der Waals surface area contributed by atoms with Crippen molar-refractivity contribution in [2.45, 2.75) is 25.7 Å². The van der Waals surface area contributed by atoms with E-state index in [1.807, 2.05) is 14.1 Å². The molecule has 1 fully saturated rings. The van der Waals surface area contributed by atoms with E-state index in [0.29, 0.717) is 13.0 Å². The topological polar surface area (TPSA) is 95.9 Å². The normalized spacial score (nSPS) is 14.4. The Morgan fingerprint density at radius 1 is 1.27 bits per heavy atom. The molecule has 0 aromatic rings. The van der Waals surface area contributed by atoms with E-state index in [2.05, 4.69) is 5.32 Å². The maximum atomic E-state index is 10.5. The van der Waals surface area contributed by atoms with Crippen LogP contribution in [0.1, 0.15) is 25.7 Å². The van der Waals surface area contributed by atoms with Crippen LogP contribution in [-0.2, 0) is 9.53 Å². The van der Waals surface area contributed by atoms with E-state index < -0.39 is 6.16 Å². The Hall–Kier alpha value is -1.30. The summed E-state index contributed by atoms with van der Waals surface area (Å²) in [7, 11) is 3.75. The Bertz CT molecular complexity index is 158. The zero-order valence-electron chi connectivity index (χ0n) is 9.15. The van der Waals surface area contributed by atoms with E-state index in [4.69, 9.17) is 19.7 Å². The average Bonchev–Trinajstić information content (AvgIpc) is 2.33. The number of esters is 1. The highest BCUT2D eigenvalue weighted by molar-refractivity contribution is 5.69. The van der Waals surface area contributed by atoms with Gasteiger partial charge in [0.25, 0.3) is 0 Å². The number of carboxylic acid groups (broad SMARTS) is 2. The van der Waals surface area contributed by atoms with E-state index in [-0.39, 0.29) is 5.97 Å². The van der Waals surface area contributed by atoms with Gasteiger partial charge in [-0.1, -0.05) is 0 Å². The summed E-state index contributed by atoms with van der Waals surface area (Å²) < 4.78 is 4.76. The van der Waals surface area contributed by atoms with Crippen LogP contribution in [0.25, 0.3) is 0 Å². The number of cyclic esters (lactones) is 1. The fourth-order valence-corrected chi connectivity index (χ4v) is 0.806. The van der Waals surface area contributed by atoms with Gasteiger partial charge in [0.05, 0.1) is 6.61 Å². The molecule has 6 heteroatoms. The van der Waals surface area contributed by atoms with E-state index in [1.54, 1.807) is 0 Å². The molecule has 1 saturated heterocycles. The summed E-state index contributed by atoms with van der Waals surface area (Å²) in [6.45, 7) is 0.638. The molecule has 0 aromatic carbocycles. The highest BCUT2D eigenvalue weighted by Gasteiger charge is 2.05. The summed E-state index contributed by atoms with van der Waals surface area (Å²) in [5.41, 5.74) is 0. The highest BCUT2D eigenvalue weighted by Crippen LogP contribution is 2.06. The molecule has 0 radical (unpaired) electrons. The molecule has 3 N–H and O–H groups in total. The standard InChI is InChI=1S/C6H10O2.C2H7N.CH2O3/c7-6-4-2-1-3-5-8-6;1-3-2;2-1(3)4/h1-5H2;3H,1-2H3;(H2,2,3,4). The first kappa shape index (κ1) is 16.1. The summed E-state index contributed by atoms with van der Waals surface area (Å²) in [5.74, 6) is -0.0255. The van der Waals surface area contributed by atoms with Crippen molar-refractivity contribution in [2.24, 2.45) is 0 Å². The number of carbonyl (C=O) groups is 2. The largest absolute Gasteiger partial charge is 0.503 e. The van der Waals surface area contributed by atoms with Gasteiger partial charge in [-0.3, -0.25) is 4.79 Å². The molecule has 0 bridgehead atoms. The fourth-order valence-electron chi connectivity index (χ4n) is 0.806. The van der Waals surface area contributed by atoms with Gasteiger partial charge >= 0.3 is 12.1 Å². The minimum absolute atomic E-state index is 0.0255. The van der Waals surface area contributed by atoms with Crippen molar-refractivity contribution in [1.29, 1.82) is 0 Å². The van der Waals surface area contributed by atoms with Gasteiger partial charge in [-0.2, -0.15) is 0 Å². The quantitative estimate of drug-likeness (QED) is 0.531. The second kappa shape index (κ2) is 12.7. The van der Waals surface area contributed by atoms with E-state index in [9.17, 15) is 4.79 Å². The summed E-state index contributed by atoms with van der Waals surface area (Å²) in [6.07, 6.45) is 2.00. The lowest BCUT2D eigenvalue weighted by molar-refractivity contribution is -0.142. The van der Waals surface area contributed by atoms with Crippen LogP contribution in [0.5, 0.6) is 0 Å². The maximum absolute atomic E-state index is 10.5. The number of hydrogen-bond donors (Lipinski definition) is 3. The Kier molecular flexibility index (Phi) is 13.7. The van der Waals surface area contributed by atoms with Gasteiger partial charge in [0.2, 0.25) is 0 Å².